The van der Waals surface area contributed by atoms with E-state index >= 15 is 0 Å². The fraction of sp³-hybridized carbons (Fsp3) is 0.263. The number of carbonyl (C=O) groups excluding carboxylic acids is 1. The number of carbonyl (C=O) groups is 1. The summed E-state index contributed by atoms with van der Waals surface area (Å²) in [6.07, 6.45) is 1.72. The Hall–Kier alpha value is -2.62. The molecular weight excluding hydrogens is 288 g/mol. The van der Waals surface area contributed by atoms with Crippen LogP contribution in [0.1, 0.15) is 36.2 Å². The second-order valence-electron chi connectivity index (χ2n) is 5.23. The van der Waals surface area contributed by atoms with Gasteiger partial charge in [0.05, 0.1) is 6.61 Å². The number of nitrogens with one attached hydrogen (secondary N) is 1. The van der Waals surface area contributed by atoms with Crippen molar-refractivity contribution in [2.24, 2.45) is 5.10 Å². The van der Waals surface area contributed by atoms with E-state index in [1.807, 2.05) is 32.0 Å². The number of benzene rings is 2. The highest BCUT2D eigenvalue weighted by Crippen LogP contribution is 2.12. The lowest BCUT2D eigenvalue weighted by atomic mass is 10.1. The minimum Gasteiger partial charge on any atom is -0.494 e. The molecule has 0 saturated carbocycles. The maximum absolute atomic E-state index is 12.0. The molecule has 4 heteroatoms. The topological polar surface area (TPSA) is 50.7 Å². The van der Waals surface area contributed by atoms with Crippen molar-refractivity contribution in [3.63, 3.8) is 0 Å². The Morgan fingerprint density at radius 2 is 1.78 bits per heavy atom. The van der Waals surface area contributed by atoms with E-state index in [2.05, 4.69) is 22.7 Å². The van der Waals surface area contributed by atoms with E-state index in [0.29, 0.717) is 12.2 Å². The molecule has 23 heavy (non-hydrogen) atoms. The van der Waals surface area contributed by atoms with Crippen LogP contribution in [0.15, 0.2) is 59.7 Å². The number of hydrogen-bond acceptors (Lipinski definition) is 3. The molecular formula is C19H22N2O2. The van der Waals surface area contributed by atoms with Crippen LogP contribution in [0.25, 0.3) is 0 Å². The first-order chi connectivity index (χ1) is 11.2. The lowest BCUT2D eigenvalue weighted by molar-refractivity contribution is 0.0954. The summed E-state index contributed by atoms with van der Waals surface area (Å²) in [6.45, 7) is 4.45. The molecule has 1 N–H and O–H groups in total. The van der Waals surface area contributed by atoms with Gasteiger partial charge >= 0.3 is 0 Å². The predicted molar refractivity (Wildman–Crippen MR) is 92.9 cm³/mol. The van der Waals surface area contributed by atoms with Crippen molar-refractivity contribution < 1.29 is 9.53 Å². The highest BCUT2D eigenvalue weighted by Gasteiger charge is 2.05. The average molecular weight is 310 g/mol. The summed E-state index contributed by atoms with van der Waals surface area (Å²) in [5.41, 5.74) is 5.32. The first-order valence-electron chi connectivity index (χ1n) is 7.79. The Labute approximate surface area is 137 Å². The van der Waals surface area contributed by atoms with Crippen molar-refractivity contribution in [2.75, 3.05) is 6.61 Å². The molecule has 0 saturated heterocycles. The third-order valence-corrected chi connectivity index (χ3v) is 3.39. The third-order valence-electron chi connectivity index (χ3n) is 3.39. The predicted octanol–water partition coefficient (Wildman–Crippen LogP) is 3.82. The van der Waals surface area contributed by atoms with E-state index in [0.717, 1.165) is 24.3 Å². The second kappa shape index (κ2) is 8.73. The van der Waals surface area contributed by atoms with Crippen molar-refractivity contribution in [2.45, 2.75) is 26.7 Å². The van der Waals surface area contributed by atoms with E-state index in [9.17, 15) is 4.79 Å². The van der Waals surface area contributed by atoms with Gasteiger partial charge in [-0.1, -0.05) is 30.3 Å². The van der Waals surface area contributed by atoms with E-state index in [-0.39, 0.29) is 5.91 Å². The molecule has 0 fully saturated rings. The van der Waals surface area contributed by atoms with E-state index in [4.69, 9.17) is 4.74 Å². The largest absolute Gasteiger partial charge is 0.494 e. The van der Waals surface area contributed by atoms with Gasteiger partial charge in [-0.15, -0.1) is 0 Å². The highest BCUT2D eigenvalue weighted by atomic mass is 16.5. The zero-order valence-corrected chi connectivity index (χ0v) is 13.6. The summed E-state index contributed by atoms with van der Waals surface area (Å²) in [5.74, 6) is 0.540. The maximum Gasteiger partial charge on any atom is 0.271 e. The fourth-order valence-corrected chi connectivity index (χ4v) is 2.11. The normalized spacial score (nSPS) is 11.1. The molecule has 0 unspecified atom stereocenters. The Kier molecular flexibility index (Phi) is 6.36. The van der Waals surface area contributed by atoms with Crippen LogP contribution in [0.3, 0.4) is 0 Å². The number of nitrogens with zero attached hydrogens (tertiary/aromatic N) is 1. The SMILES string of the molecule is CCOc1ccc(C(=O)N/N=C(/C)CCc2ccccc2)cc1. The summed E-state index contributed by atoms with van der Waals surface area (Å²) in [5, 5.41) is 4.16. The van der Waals surface area contributed by atoms with Gasteiger partial charge in [0.1, 0.15) is 5.75 Å². The van der Waals surface area contributed by atoms with Gasteiger partial charge in [0.15, 0.2) is 0 Å². The van der Waals surface area contributed by atoms with Crippen molar-refractivity contribution >= 4 is 11.6 Å². The number of ether oxygens (including phenoxy) is 1. The quantitative estimate of drug-likeness (QED) is 0.624. The van der Waals surface area contributed by atoms with Gasteiger partial charge < -0.3 is 4.74 Å². The van der Waals surface area contributed by atoms with Crippen LogP contribution in [-0.2, 0) is 6.42 Å². The molecule has 0 radical (unpaired) electrons. The molecule has 0 bridgehead atoms. The summed E-state index contributed by atoms with van der Waals surface area (Å²) in [7, 11) is 0. The maximum atomic E-state index is 12.0. The molecule has 2 aromatic carbocycles. The van der Waals surface area contributed by atoms with Gasteiger partial charge in [0.2, 0.25) is 0 Å². The zero-order chi connectivity index (χ0) is 16.5. The Balaban J connectivity index is 1.84. The van der Waals surface area contributed by atoms with Crippen LogP contribution in [0.5, 0.6) is 5.75 Å². The summed E-state index contributed by atoms with van der Waals surface area (Å²) < 4.78 is 5.35. The van der Waals surface area contributed by atoms with Gasteiger partial charge in [-0.2, -0.15) is 5.10 Å². The standard InChI is InChI=1S/C19H22N2O2/c1-3-23-18-13-11-17(12-14-18)19(22)21-20-15(2)9-10-16-7-5-4-6-8-16/h4-8,11-14H,3,9-10H2,1-2H3,(H,21,22)/b20-15-. The molecule has 0 atom stereocenters. The summed E-state index contributed by atoms with van der Waals surface area (Å²) in [4.78, 5) is 12.0. The molecule has 0 heterocycles. The molecule has 4 nitrogen and oxygen atoms in total. The summed E-state index contributed by atoms with van der Waals surface area (Å²) >= 11 is 0. The van der Waals surface area contributed by atoms with Crippen LogP contribution in [-0.4, -0.2) is 18.2 Å². The second-order valence-corrected chi connectivity index (χ2v) is 5.23. The minimum absolute atomic E-state index is 0.216. The first kappa shape index (κ1) is 16.7. The number of amides is 1. The van der Waals surface area contributed by atoms with Gasteiger partial charge in [-0.25, -0.2) is 5.43 Å². The number of hydrazone groups is 1. The van der Waals surface area contributed by atoms with Crippen molar-refractivity contribution in [1.29, 1.82) is 0 Å². The fourth-order valence-electron chi connectivity index (χ4n) is 2.11. The molecule has 0 aliphatic heterocycles. The smallest absolute Gasteiger partial charge is 0.271 e. The molecule has 0 aliphatic rings. The van der Waals surface area contributed by atoms with E-state index in [1.54, 1.807) is 24.3 Å². The van der Waals surface area contributed by atoms with Gasteiger partial charge in [0.25, 0.3) is 5.91 Å². The van der Waals surface area contributed by atoms with Gasteiger partial charge in [-0.05, 0) is 56.5 Å². The molecule has 120 valence electrons. The van der Waals surface area contributed by atoms with Gasteiger partial charge in [-0.3, -0.25) is 4.79 Å². The van der Waals surface area contributed by atoms with Crippen LogP contribution < -0.4 is 10.2 Å². The first-order valence-corrected chi connectivity index (χ1v) is 7.79. The molecule has 0 aromatic heterocycles. The minimum atomic E-state index is -0.216. The van der Waals surface area contributed by atoms with Crippen molar-refractivity contribution in [3.8, 4) is 5.75 Å². The number of rotatable bonds is 7. The average Bonchev–Trinajstić information content (AvgIpc) is 2.59. The Bertz CT molecular complexity index is 649. The highest BCUT2D eigenvalue weighted by molar-refractivity contribution is 5.95. The van der Waals surface area contributed by atoms with Crippen LogP contribution in [0.2, 0.25) is 0 Å². The van der Waals surface area contributed by atoms with Crippen LogP contribution >= 0.6 is 0 Å². The van der Waals surface area contributed by atoms with Gasteiger partial charge in [0, 0.05) is 11.3 Å². The lowest BCUT2D eigenvalue weighted by Crippen LogP contribution is -2.19. The lowest BCUT2D eigenvalue weighted by Gasteiger charge is -2.05. The van der Waals surface area contributed by atoms with Crippen LogP contribution in [0.4, 0.5) is 0 Å². The Morgan fingerprint density at radius 1 is 1.09 bits per heavy atom. The van der Waals surface area contributed by atoms with E-state index < -0.39 is 0 Å². The monoisotopic (exact) mass is 310 g/mol. The van der Waals surface area contributed by atoms with Crippen molar-refractivity contribution in [1.82, 2.24) is 5.43 Å². The molecule has 0 spiro atoms. The summed E-state index contributed by atoms with van der Waals surface area (Å²) in [6, 6.07) is 17.3. The molecule has 2 rings (SSSR count). The van der Waals surface area contributed by atoms with Crippen molar-refractivity contribution in [3.05, 3.63) is 65.7 Å². The zero-order valence-electron chi connectivity index (χ0n) is 13.6. The molecule has 2 aromatic rings. The Morgan fingerprint density at radius 3 is 2.43 bits per heavy atom. The van der Waals surface area contributed by atoms with Crippen LogP contribution in [0, 0.1) is 0 Å². The third kappa shape index (κ3) is 5.58. The molecule has 1 amide bonds. The van der Waals surface area contributed by atoms with E-state index in [1.165, 1.54) is 5.56 Å². The number of hydrogen-bond donors (Lipinski definition) is 1. The molecule has 0 aliphatic carbocycles. The number of aryl methyl sites for hydroxylation is 1.